The third-order valence-electron chi connectivity index (χ3n) is 3.00. The van der Waals surface area contributed by atoms with Gasteiger partial charge in [0.05, 0.1) is 17.8 Å². The largest absolute Gasteiger partial charge is 0.380 e. The van der Waals surface area contributed by atoms with Crippen LogP contribution in [0.1, 0.15) is 19.5 Å². The number of rotatable bonds is 7. The molecule has 4 nitrogen and oxygen atoms in total. The number of aryl methyl sites for hydroxylation is 1. The van der Waals surface area contributed by atoms with Crippen molar-refractivity contribution in [2.75, 3.05) is 19.8 Å². The average molecular weight is 261 g/mol. The molecule has 0 atom stereocenters. The van der Waals surface area contributed by atoms with Crippen LogP contribution in [0.2, 0.25) is 0 Å². The Morgan fingerprint density at radius 3 is 2.89 bits per heavy atom. The first-order chi connectivity index (χ1) is 9.18. The second-order valence-corrected chi connectivity index (χ2v) is 5.23. The van der Waals surface area contributed by atoms with Gasteiger partial charge in [-0.25, -0.2) is 0 Å². The molecule has 0 aliphatic carbocycles. The van der Waals surface area contributed by atoms with Gasteiger partial charge in [-0.3, -0.25) is 4.68 Å². The van der Waals surface area contributed by atoms with Crippen molar-refractivity contribution in [3.8, 4) is 0 Å². The van der Waals surface area contributed by atoms with Gasteiger partial charge in [0.2, 0.25) is 0 Å². The van der Waals surface area contributed by atoms with Gasteiger partial charge in [0.1, 0.15) is 0 Å². The van der Waals surface area contributed by atoms with Crippen molar-refractivity contribution in [1.82, 2.24) is 15.1 Å². The van der Waals surface area contributed by atoms with Crippen LogP contribution in [-0.2, 0) is 18.3 Å². The lowest BCUT2D eigenvalue weighted by atomic mass is 10.2. The van der Waals surface area contributed by atoms with E-state index in [1.54, 1.807) is 0 Å². The van der Waals surface area contributed by atoms with Gasteiger partial charge in [-0.2, -0.15) is 5.10 Å². The van der Waals surface area contributed by atoms with Gasteiger partial charge < -0.3 is 10.1 Å². The summed E-state index contributed by atoms with van der Waals surface area (Å²) in [7, 11) is 1.98. The minimum atomic E-state index is 0.597. The number of hydrogen-bond acceptors (Lipinski definition) is 3. The normalized spacial score (nSPS) is 11.6. The summed E-state index contributed by atoms with van der Waals surface area (Å²) < 4.78 is 7.47. The van der Waals surface area contributed by atoms with Gasteiger partial charge >= 0.3 is 0 Å². The maximum atomic E-state index is 5.54. The summed E-state index contributed by atoms with van der Waals surface area (Å²) >= 11 is 0. The minimum Gasteiger partial charge on any atom is -0.380 e. The van der Waals surface area contributed by atoms with Gasteiger partial charge in [-0.1, -0.05) is 32.0 Å². The Bertz CT molecular complexity index is 519. The smallest absolute Gasteiger partial charge is 0.0841 e. The predicted molar refractivity (Wildman–Crippen MR) is 78.1 cm³/mol. The fourth-order valence-electron chi connectivity index (χ4n) is 2.09. The van der Waals surface area contributed by atoms with E-state index in [4.69, 9.17) is 4.74 Å². The van der Waals surface area contributed by atoms with E-state index in [1.807, 2.05) is 17.8 Å². The van der Waals surface area contributed by atoms with E-state index < -0.39 is 0 Å². The Morgan fingerprint density at radius 1 is 1.32 bits per heavy atom. The van der Waals surface area contributed by atoms with Crippen molar-refractivity contribution in [2.45, 2.75) is 20.4 Å². The van der Waals surface area contributed by atoms with Crippen molar-refractivity contribution in [3.63, 3.8) is 0 Å². The van der Waals surface area contributed by atoms with Crippen LogP contribution in [-0.4, -0.2) is 29.5 Å². The van der Waals surface area contributed by atoms with Gasteiger partial charge in [-0.05, 0) is 12.0 Å². The molecule has 0 aliphatic rings. The molecule has 0 amide bonds. The Balaban J connectivity index is 1.82. The summed E-state index contributed by atoms with van der Waals surface area (Å²) in [6.45, 7) is 7.54. The number of benzene rings is 1. The van der Waals surface area contributed by atoms with Gasteiger partial charge in [0.25, 0.3) is 0 Å². The first-order valence-corrected chi connectivity index (χ1v) is 6.87. The molecular formula is C15H23N3O. The van der Waals surface area contributed by atoms with Crippen LogP contribution in [0.15, 0.2) is 24.3 Å². The molecule has 1 aromatic heterocycles. The van der Waals surface area contributed by atoms with Gasteiger partial charge in [0.15, 0.2) is 0 Å². The molecule has 1 N–H and O–H groups in total. The van der Waals surface area contributed by atoms with Crippen molar-refractivity contribution in [3.05, 3.63) is 30.0 Å². The Labute approximate surface area is 114 Å². The molecule has 1 heterocycles. The van der Waals surface area contributed by atoms with Gasteiger partial charge in [0, 0.05) is 32.1 Å². The zero-order valence-corrected chi connectivity index (χ0v) is 12.0. The number of nitrogens with zero attached hydrogens (tertiary/aromatic N) is 2. The van der Waals surface area contributed by atoms with Crippen molar-refractivity contribution >= 4 is 10.9 Å². The molecule has 4 heteroatoms. The molecule has 0 aliphatic heterocycles. The number of aromatic nitrogens is 2. The number of nitrogens with one attached hydrogen (secondary N) is 1. The van der Waals surface area contributed by atoms with E-state index >= 15 is 0 Å². The van der Waals surface area contributed by atoms with E-state index in [0.717, 1.165) is 32.0 Å². The topological polar surface area (TPSA) is 39.1 Å². The van der Waals surface area contributed by atoms with Crippen LogP contribution in [0.4, 0.5) is 0 Å². The lowest BCUT2D eigenvalue weighted by Crippen LogP contribution is -2.20. The number of hydrogen-bond donors (Lipinski definition) is 1. The van der Waals surface area contributed by atoms with Crippen LogP contribution < -0.4 is 5.32 Å². The summed E-state index contributed by atoms with van der Waals surface area (Å²) in [6.07, 6.45) is 0. The number of para-hydroxylation sites is 1. The molecule has 0 saturated carbocycles. The summed E-state index contributed by atoms with van der Waals surface area (Å²) in [5, 5.41) is 9.15. The second kappa shape index (κ2) is 6.68. The zero-order valence-electron chi connectivity index (χ0n) is 12.0. The van der Waals surface area contributed by atoms with Crippen LogP contribution in [0.3, 0.4) is 0 Å². The first kappa shape index (κ1) is 14.0. The molecule has 2 aromatic rings. The highest BCUT2D eigenvalue weighted by atomic mass is 16.5. The van der Waals surface area contributed by atoms with Crippen LogP contribution >= 0.6 is 0 Å². The van der Waals surface area contributed by atoms with E-state index in [2.05, 4.69) is 42.5 Å². The van der Waals surface area contributed by atoms with E-state index in [1.165, 1.54) is 10.9 Å². The van der Waals surface area contributed by atoms with E-state index in [-0.39, 0.29) is 0 Å². The molecule has 19 heavy (non-hydrogen) atoms. The van der Waals surface area contributed by atoms with Crippen LogP contribution in [0, 0.1) is 5.92 Å². The first-order valence-electron chi connectivity index (χ1n) is 6.87. The zero-order chi connectivity index (χ0) is 13.7. The second-order valence-electron chi connectivity index (χ2n) is 5.23. The van der Waals surface area contributed by atoms with Crippen LogP contribution in [0.25, 0.3) is 10.9 Å². The van der Waals surface area contributed by atoms with E-state index in [9.17, 15) is 0 Å². The Hall–Kier alpha value is -1.39. The minimum absolute atomic E-state index is 0.597. The SMILES string of the molecule is CC(C)COCCNCc1nn(C)c2ccccc12. The molecular weight excluding hydrogens is 238 g/mol. The maximum absolute atomic E-state index is 5.54. The molecule has 104 valence electrons. The number of fused-ring (bicyclic) bond motifs is 1. The Kier molecular flexibility index (Phi) is 4.93. The predicted octanol–water partition coefficient (Wildman–Crippen LogP) is 2.34. The lowest BCUT2D eigenvalue weighted by molar-refractivity contribution is 0.111. The summed E-state index contributed by atoms with van der Waals surface area (Å²) in [6, 6.07) is 8.31. The third-order valence-corrected chi connectivity index (χ3v) is 3.00. The highest BCUT2D eigenvalue weighted by Gasteiger charge is 2.06. The standard InChI is InChI=1S/C15H23N3O/c1-12(2)11-19-9-8-16-10-14-13-6-4-5-7-15(13)18(3)17-14/h4-7,12,16H,8-11H2,1-3H3. The molecule has 0 fully saturated rings. The summed E-state index contributed by atoms with van der Waals surface area (Å²) in [4.78, 5) is 0. The third kappa shape index (κ3) is 3.78. The quantitative estimate of drug-likeness (QED) is 0.778. The summed E-state index contributed by atoms with van der Waals surface area (Å²) in [5.41, 5.74) is 2.28. The van der Waals surface area contributed by atoms with Crippen molar-refractivity contribution < 1.29 is 4.74 Å². The van der Waals surface area contributed by atoms with Crippen molar-refractivity contribution in [2.24, 2.45) is 13.0 Å². The average Bonchev–Trinajstić information content (AvgIpc) is 2.71. The summed E-state index contributed by atoms with van der Waals surface area (Å²) in [5.74, 6) is 0.597. The van der Waals surface area contributed by atoms with Gasteiger partial charge in [-0.15, -0.1) is 0 Å². The molecule has 2 rings (SSSR count). The van der Waals surface area contributed by atoms with Crippen molar-refractivity contribution in [1.29, 1.82) is 0 Å². The fraction of sp³-hybridized carbons (Fsp3) is 0.533. The molecule has 1 aromatic carbocycles. The highest BCUT2D eigenvalue weighted by molar-refractivity contribution is 5.81. The lowest BCUT2D eigenvalue weighted by Gasteiger charge is -2.07. The highest BCUT2D eigenvalue weighted by Crippen LogP contribution is 2.16. The molecule has 0 bridgehead atoms. The molecule has 0 spiro atoms. The number of ether oxygens (including phenoxy) is 1. The Morgan fingerprint density at radius 2 is 2.11 bits per heavy atom. The monoisotopic (exact) mass is 261 g/mol. The van der Waals surface area contributed by atoms with E-state index in [0.29, 0.717) is 5.92 Å². The van der Waals surface area contributed by atoms with Crippen LogP contribution in [0.5, 0.6) is 0 Å². The maximum Gasteiger partial charge on any atom is 0.0841 e. The molecule has 0 saturated heterocycles. The molecule has 0 unspecified atom stereocenters. The fourth-order valence-corrected chi connectivity index (χ4v) is 2.09. The molecule has 0 radical (unpaired) electrons.